The van der Waals surface area contributed by atoms with E-state index in [9.17, 15) is 10.1 Å². The normalized spacial score (nSPS) is 14.2. The second-order valence-corrected chi connectivity index (χ2v) is 10.3. The van der Waals surface area contributed by atoms with Crippen molar-refractivity contribution in [3.63, 3.8) is 0 Å². The number of ether oxygens (including phenoxy) is 1. The maximum Gasteiger partial charge on any atom is 0.410 e. The third-order valence-corrected chi connectivity index (χ3v) is 6.80. The third kappa shape index (κ3) is 4.35. The molecule has 172 valence electrons. The molecule has 0 saturated heterocycles. The Morgan fingerprint density at radius 3 is 2.88 bits per heavy atom. The summed E-state index contributed by atoms with van der Waals surface area (Å²) in [5.74, 6) is 0. The minimum absolute atomic E-state index is 0.287. The molecule has 0 atom stereocenters. The van der Waals surface area contributed by atoms with E-state index in [0.717, 1.165) is 43.8 Å². The minimum Gasteiger partial charge on any atom is -0.444 e. The molecule has 0 saturated carbocycles. The van der Waals surface area contributed by atoms with Crippen LogP contribution in [-0.2, 0) is 4.74 Å². The van der Waals surface area contributed by atoms with E-state index in [1.807, 2.05) is 45.2 Å². The number of hydrogen-bond donors (Lipinski definition) is 2. The summed E-state index contributed by atoms with van der Waals surface area (Å²) in [4.78, 5) is 23.8. The highest BCUT2D eigenvalue weighted by Gasteiger charge is 2.24. The first-order valence-corrected chi connectivity index (χ1v) is 12.0. The van der Waals surface area contributed by atoms with Crippen LogP contribution in [0.15, 0.2) is 48.8 Å². The summed E-state index contributed by atoms with van der Waals surface area (Å²) in [5.41, 5.74) is 3.91. The highest BCUT2D eigenvalue weighted by atomic mass is 32.1. The van der Waals surface area contributed by atoms with Gasteiger partial charge >= 0.3 is 6.09 Å². The van der Waals surface area contributed by atoms with Gasteiger partial charge in [-0.1, -0.05) is 6.08 Å². The molecular weight excluding hydrogens is 446 g/mol. The Morgan fingerprint density at radius 2 is 2.15 bits per heavy atom. The zero-order valence-corrected chi connectivity index (χ0v) is 20.1. The van der Waals surface area contributed by atoms with Gasteiger partial charge in [0.2, 0.25) is 0 Å². The van der Waals surface area contributed by atoms with Gasteiger partial charge in [-0.25, -0.2) is 9.78 Å². The number of rotatable bonds is 3. The van der Waals surface area contributed by atoms with Gasteiger partial charge in [-0.05, 0) is 63.1 Å². The largest absolute Gasteiger partial charge is 0.444 e. The van der Waals surface area contributed by atoms with Crippen LogP contribution in [0.3, 0.4) is 0 Å². The lowest BCUT2D eigenvalue weighted by atomic mass is 10.1. The first kappa shape index (κ1) is 22.0. The quantitative estimate of drug-likeness (QED) is 0.360. The predicted molar refractivity (Wildman–Crippen MR) is 136 cm³/mol. The highest BCUT2D eigenvalue weighted by molar-refractivity contribution is 7.19. The first-order valence-electron chi connectivity index (χ1n) is 11.1. The molecule has 1 aromatic carbocycles. The smallest absolute Gasteiger partial charge is 0.410 e. The number of nitrogens with zero attached hydrogens (tertiary/aromatic N) is 3. The van der Waals surface area contributed by atoms with E-state index in [4.69, 9.17) is 4.74 Å². The van der Waals surface area contributed by atoms with Crippen molar-refractivity contribution < 1.29 is 9.53 Å². The van der Waals surface area contributed by atoms with E-state index in [2.05, 4.69) is 39.6 Å². The van der Waals surface area contributed by atoms with Crippen molar-refractivity contribution in [2.24, 2.45) is 0 Å². The van der Waals surface area contributed by atoms with Gasteiger partial charge in [0.15, 0.2) is 0 Å². The number of aromatic amines is 1. The van der Waals surface area contributed by atoms with Crippen LogP contribution in [0.1, 0.15) is 37.6 Å². The molecule has 1 amide bonds. The Labute approximate surface area is 201 Å². The number of carbonyl (C=O) groups is 1. The third-order valence-electron chi connectivity index (χ3n) is 5.68. The number of aromatic nitrogens is 2. The maximum atomic E-state index is 12.4. The molecule has 5 rings (SSSR count). The Hall–Kier alpha value is -3.83. The molecular formula is C26H25N5O2S. The summed E-state index contributed by atoms with van der Waals surface area (Å²) < 4.78 is 5.50. The number of nitrogens with one attached hydrogen (secondary N) is 2. The molecule has 8 heteroatoms. The van der Waals surface area contributed by atoms with Crippen molar-refractivity contribution >= 4 is 55.5 Å². The van der Waals surface area contributed by atoms with Gasteiger partial charge < -0.3 is 19.9 Å². The molecule has 1 aliphatic rings. The van der Waals surface area contributed by atoms with Gasteiger partial charge in [-0.3, -0.25) is 0 Å². The molecule has 0 aliphatic carbocycles. The fraction of sp³-hybridized carbons (Fsp3) is 0.269. The average Bonchev–Trinajstić information content (AvgIpc) is 3.45. The number of pyridine rings is 1. The SMILES string of the molecule is CC(C)(C)OC(=O)N1CC=C(c2cc3c(Nc4ccc5[nH]ccc5c4)c(C#N)cnc3s2)CC1. The summed E-state index contributed by atoms with van der Waals surface area (Å²) in [6.45, 7) is 6.73. The molecule has 0 spiro atoms. The zero-order chi connectivity index (χ0) is 23.9. The first-order chi connectivity index (χ1) is 16.3. The van der Waals surface area contributed by atoms with E-state index in [1.165, 1.54) is 5.57 Å². The summed E-state index contributed by atoms with van der Waals surface area (Å²) in [6.07, 6.45) is 6.07. The Bertz CT molecular complexity index is 1470. The maximum absolute atomic E-state index is 12.4. The molecule has 4 heterocycles. The summed E-state index contributed by atoms with van der Waals surface area (Å²) >= 11 is 1.60. The van der Waals surface area contributed by atoms with Crippen LogP contribution in [0.2, 0.25) is 0 Å². The summed E-state index contributed by atoms with van der Waals surface area (Å²) in [6, 6.07) is 12.5. The lowest BCUT2D eigenvalue weighted by molar-refractivity contribution is 0.0270. The Kier molecular flexibility index (Phi) is 5.50. The highest BCUT2D eigenvalue weighted by Crippen LogP contribution is 2.38. The molecule has 0 fully saturated rings. The zero-order valence-electron chi connectivity index (χ0n) is 19.3. The minimum atomic E-state index is -0.508. The van der Waals surface area contributed by atoms with Crippen LogP contribution in [-0.4, -0.2) is 39.7 Å². The van der Waals surface area contributed by atoms with Crippen LogP contribution in [0.5, 0.6) is 0 Å². The Balaban J connectivity index is 1.43. The molecule has 3 aromatic heterocycles. The topological polar surface area (TPSA) is 94.0 Å². The Morgan fingerprint density at radius 1 is 1.29 bits per heavy atom. The molecule has 2 N–H and O–H groups in total. The molecule has 0 bridgehead atoms. The lowest BCUT2D eigenvalue weighted by Crippen LogP contribution is -2.39. The van der Waals surface area contributed by atoms with Crippen LogP contribution in [0.25, 0.3) is 26.7 Å². The van der Waals surface area contributed by atoms with Gasteiger partial charge in [0.25, 0.3) is 0 Å². The number of amides is 1. The predicted octanol–water partition coefficient (Wildman–Crippen LogP) is 6.42. The van der Waals surface area contributed by atoms with E-state index >= 15 is 0 Å². The number of fused-ring (bicyclic) bond motifs is 2. The van der Waals surface area contributed by atoms with Crippen LogP contribution < -0.4 is 5.32 Å². The monoisotopic (exact) mass is 471 g/mol. The molecule has 0 radical (unpaired) electrons. The van der Waals surface area contributed by atoms with Crippen molar-refractivity contribution in [3.05, 3.63) is 59.2 Å². The second kappa shape index (κ2) is 8.50. The number of carbonyl (C=O) groups excluding carboxylic acids is 1. The van der Waals surface area contributed by atoms with E-state index < -0.39 is 5.60 Å². The fourth-order valence-electron chi connectivity index (χ4n) is 4.03. The molecule has 7 nitrogen and oxygen atoms in total. The van der Waals surface area contributed by atoms with Gasteiger partial charge in [-0.2, -0.15) is 5.26 Å². The van der Waals surface area contributed by atoms with Crippen LogP contribution in [0, 0.1) is 11.3 Å². The number of H-pyrrole nitrogens is 1. The molecule has 4 aromatic rings. The number of nitriles is 1. The second-order valence-electron chi connectivity index (χ2n) is 9.30. The molecule has 1 aliphatic heterocycles. The number of anilines is 2. The molecule has 0 unspecified atom stereocenters. The van der Waals surface area contributed by atoms with Crippen molar-refractivity contribution in [3.8, 4) is 6.07 Å². The molecule has 34 heavy (non-hydrogen) atoms. The number of thiophene rings is 1. The summed E-state index contributed by atoms with van der Waals surface area (Å²) in [5, 5.41) is 15.2. The van der Waals surface area contributed by atoms with E-state index in [1.54, 1.807) is 22.4 Å². The van der Waals surface area contributed by atoms with Crippen LogP contribution in [0.4, 0.5) is 16.2 Å². The van der Waals surface area contributed by atoms with Gasteiger partial charge in [0, 0.05) is 52.3 Å². The van der Waals surface area contributed by atoms with E-state index in [0.29, 0.717) is 18.7 Å². The van der Waals surface area contributed by atoms with Gasteiger partial charge in [-0.15, -0.1) is 11.3 Å². The van der Waals surface area contributed by atoms with Gasteiger partial charge in [0.1, 0.15) is 16.5 Å². The lowest BCUT2D eigenvalue weighted by Gasteiger charge is -2.29. The van der Waals surface area contributed by atoms with Crippen molar-refractivity contribution in [1.82, 2.24) is 14.9 Å². The van der Waals surface area contributed by atoms with Gasteiger partial charge in [0.05, 0.1) is 11.3 Å². The number of hydrogen-bond acceptors (Lipinski definition) is 6. The standard InChI is InChI=1S/C26H25N5O2S/c1-26(2,3)33-25(32)31-10-7-16(8-11-31)22-13-20-23(18(14-27)15-29-24(20)34-22)30-19-4-5-21-17(12-19)6-9-28-21/h4-7,9,12-13,15,28H,8,10-11H2,1-3H3,(H,29,30). The number of benzene rings is 1. The van der Waals surface area contributed by atoms with Crippen LogP contribution >= 0.6 is 11.3 Å². The van der Waals surface area contributed by atoms with Crippen molar-refractivity contribution in [2.75, 3.05) is 18.4 Å². The average molecular weight is 472 g/mol. The fourth-order valence-corrected chi connectivity index (χ4v) is 5.11. The van der Waals surface area contributed by atoms with Crippen molar-refractivity contribution in [2.45, 2.75) is 32.8 Å². The van der Waals surface area contributed by atoms with Crippen molar-refractivity contribution in [1.29, 1.82) is 5.26 Å². The van der Waals surface area contributed by atoms with E-state index in [-0.39, 0.29) is 6.09 Å². The summed E-state index contributed by atoms with van der Waals surface area (Å²) in [7, 11) is 0.